The molecule has 2 N–H and O–H groups in total. The van der Waals surface area contributed by atoms with Crippen LogP contribution in [0.4, 0.5) is 5.69 Å². The van der Waals surface area contributed by atoms with Crippen molar-refractivity contribution in [2.75, 3.05) is 18.5 Å². The molecule has 0 fully saturated rings. The zero-order chi connectivity index (χ0) is 22.4. The highest BCUT2D eigenvalue weighted by molar-refractivity contribution is 7.89. The summed E-state index contributed by atoms with van der Waals surface area (Å²) >= 11 is 0. The zero-order valence-electron chi connectivity index (χ0n) is 17.3. The van der Waals surface area contributed by atoms with Gasteiger partial charge in [0.25, 0.3) is 5.91 Å². The summed E-state index contributed by atoms with van der Waals surface area (Å²) in [5.74, 6) is -1.13. The zero-order valence-corrected chi connectivity index (χ0v) is 18.2. The van der Waals surface area contributed by atoms with Crippen molar-refractivity contribution in [1.82, 2.24) is 4.72 Å². The van der Waals surface area contributed by atoms with Gasteiger partial charge in [0.1, 0.15) is 0 Å². The Morgan fingerprint density at radius 2 is 1.68 bits per heavy atom. The molecule has 0 spiro atoms. The molecule has 0 heterocycles. The second-order valence-corrected chi connectivity index (χ2v) is 8.95. The number of hydrogen-bond donors (Lipinski definition) is 2. The third kappa shape index (κ3) is 6.13. The lowest BCUT2D eigenvalue weighted by Crippen LogP contribution is -2.28. The molecule has 0 bridgehead atoms. The number of sulfonamides is 1. The Morgan fingerprint density at radius 1 is 0.935 bits per heavy atom. The number of amides is 1. The number of ether oxygens (including phenoxy) is 1. The number of carbonyl (C=O) groups is 2. The number of benzene rings is 3. The average Bonchev–Trinajstić information content (AvgIpc) is 2.74. The number of rotatable bonds is 8. The number of hydrogen-bond acceptors (Lipinski definition) is 5. The molecule has 1 amide bonds. The molecule has 0 atom stereocenters. The Labute approximate surface area is 181 Å². The van der Waals surface area contributed by atoms with E-state index in [9.17, 15) is 18.0 Å². The number of carbonyl (C=O) groups excluding carboxylic acids is 2. The molecule has 0 saturated carbocycles. The van der Waals surface area contributed by atoms with Crippen molar-refractivity contribution in [2.45, 2.75) is 25.2 Å². The fraction of sp³-hybridized carbons (Fsp3) is 0.217. The van der Waals surface area contributed by atoms with Gasteiger partial charge in [0, 0.05) is 12.2 Å². The molecule has 0 aromatic heterocycles. The van der Waals surface area contributed by atoms with Crippen LogP contribution in [0, 0.1) is 13.8 Å². The molecule has 8 heteroatoms. The molecule has 0 aliphatic carbocycles. The minimum Gasteiger partial charge on any atom is -0.456 e. The van der Waals surface area contributed by atoms with Gasteiger partial charge in [-0.1, -0.05) is 42.5 Å². The molecule has 0 aliphatic rings. The summed E-state index contributed by atoms with van der Waals surface area (Å²) in [6.45, 7) is 3.20. The third-order valence-corrected chi connectivity index (χ3v) is 6.14. The van der Waals surface area contributed by atoms with Crippen LogP contribution in [-0.2, 0) is 24.3 Å². The quantitative estimate of drug-likeness (QED) is 0.524. The second-order valence-electron chi connectivity index (χ2n) is 7.18. The van der Waals surface area contributed by atoms with Crippen LogP contribution >= 0.6 is 0 Å². The van der Waals surface area contributed by atoms with E-state index in [1.165, 1.54) is 6.07 Å². The van der Waals surface area contributed by atoms with Crippen molar-refractivity contribution in [2.24, 2.45) is 0 Å². The van der Waals surface area contributed by atoms with Crippen LogP contribution in [0.1, 0.15) is 17.5 Å². The molecule has 3 aromatic carbocycles. The van der Waals surface area contributed by atoms with Crippen molar-refractivity contribution in [3.63, 3.8) is 0 Å². The highest BCUT2D eigenvalue weighted by Gasteiger charge is 2.15. The van der Waals surface area contributed by atoms with Gasteiger partial charge >= 0.3 is 5.97 Å². The van der Waals surface area contributed by atoms with E-state index in [1.807, 2.05) is 56.3 Å². The molecule has 0 unspecified atom stereocenters. The molecular weight excluding hydrogens is 416 g/mol. The Balaban J connectivity index is 1.46. The fourth-order valence-corrected chi connectivity index (χ4v) is 4.05. The van der Waals surface area contributed by atoms with E-state index in [0.717, 1.165) is 21.9 Å². The van der Waals surface area contributed by atoms with E-state index >= 15 is 0 Å². The van der Waals surface area contributed by atoms with Crippen molar-refractivity contribution in [1.29, 1.82) is 0 Å². The Kier molecular flexibility index (Phi) is 7.04. The first-order valence-electron chi connectivity index (χ1n) is 9.76. The van der Waals surface area contributed by atoms with Gasteiger partial charge < -0.3 is 10.1 Å². The molecule has 0 aliphatic heterocycles. The summed E-state index contributed by atoms with van der Waals surface area (Å²) < 4.78 is 32.2. The maximum Gasteiger partial charge on any atom is 0.307 e. The van der Waals surface area contributed by atoms with Gasteiger partial charge in [-0.25, -0.2) is 13.1 Å². The predicted octanol–water partition coefficient (Wildman–Crippen LogP) is 3.31. The van der Waals surface area contributed by atoms with Crippen LogP contribution in [0.2, 0.25) is 0 Å². The summed E-state index contributed by atoms with van der Waals surface area (Å²) in [5, 5.41) is 4.43. The lowest BCUT2D eigenvalue weighted by Gasteiger charge is -2.10. The van der Waals surface area contributed by atoms with E-state index < -0.39 is 28.5 Å². The SMILES string of the molecule is Cc1ccc(C)c(NC(=O)COC(=O)CCNS(=O)(=O)c2ccc3ccccc3c2)c1. The van der Waals surface area contributed by atoms with E-state index in [1.54, 1.807) is 12.1 Å². The average molecular weight is 441 g/mol. The lowest BCUT2D eigenvalue weighted by molar-refractivity contribution is -0.147. The molecule has 3 aromatic rings. The molecule has 7 nitrogen and oxygen atoms in total. The van der Waals surface area contributed by atoms with Gasteiger partial charge in [-0.2, -0.15) is 0 Å². The van der Waals surface area contributed by atoms with Gasteiger partial charge in [-0.3, -0.25) is 9.59 Å². The summed E-state index contributed by atoms with van der Waals surface area (Å²) in [4.78, 5) is 24.0. The van der Waals surface area contributed by atoms with Gasteiger partial charge in [-0.15, -0.1) is 0 Å². The monoisotopic (exact) mass is 440 g/mol. The summed E-state index contributed by atoms with van der Waals surface area (Å²) in [6, 6.07) is 17.9. The van der Waals surface area contributed by atoms with Crippen LogP contribution < -0.4 is 10.0 Å². The fourth-order valence-electron chi connectivity index (χ4n) is 2.98. The highest BCUT2D eigenvalue weighted by Crippen LogP contribution is 2.19. The minimum absolute atomic E-state index is 0.118. The Hall–Kier alpha value is -3.23. The predicted molar refractivity (Wildman–Crippen MR) is 119 cm³/mol. The van der Waals surface area contributed by atoms with E-state index in [0.29, 0.717) is 5.69 Å². The van der Waals surface area contributed by atoms with Crippen LogP contribution in [-0.4, -0.2) is 33.4 Å². The summed E-state index contributed by atoms with van der Waals surface area (Å²) in [7, 11) is -3.77. The van der Waals surface area contributed by atoms with Gasteiger partial charge in [0.15, 0.2) is 6.61 Å². The molecule has 3 rings (SSSR count). The number of aryl methyl sites for hydroxylation is 2. The highest BCUT2D eigenvalue weighted by atomic mass is 32.2. The normalized spacial score (nSPS) is 11.3. The Morgan fingerprint density at radius 3 is 2.45 bits per heavy atom. The lowest BCUT2D eigenvalue weighted by atomic mass is 10.1. The van der Waals surface area contributed by atoms with Gasteiger partial charge in [0.2, 0.25) is 10.0 Å². The number of anilines is 1. The van der Waals surface area contributed by atoms with Crippen LogP contribution in [0.25, 0.3) is 10.8 Å². The van der Waals surface area contributed by atoms with E-state index in [2.05, 4.69) is 10.0 Å². The third-order valence-electron chi connectivity index (χ3n) is 4.68. The second kappa shape index (κ2) is 9.72. The largest absolute Gasteiger partial charge is 0.456 e. The van der Waals surface area contributed by atoms with E-state index in [-0.39, 0.29) is 17.9 Å². The molecule has 162 valence electrons. The van der Waals surface area contributed by atoms with Crippen LogP contribution in [0.3, 0.4) is 0 Å². The first-order chi connectivity index (χ1) is 14.7. The van der Waals surface area contributed by atoms with Crippen molar-refractivity contribution in [3.05, 3.63) is 71.8 Å². The van der Waals surface area contributed by atoms with Gasteiger partial charge in [0.05, 0.1) is 11.3 Å². The maximum absolute atomic E-state index is 12.5. The minimum atomic E-state index is -3.77. The summed E-state index contributed by atoms with van der Waals surface area (Å²) in [5.41, 5.74) is 2.55. The summed E-state index contributed by atoms with van der Waals surface area (Å²) in [6.07, 6.45) is -0.191. The first-order valence-corrected chi connectivity index (χ1v) is 11.2. The van der Waals surface area contributed by atoms with Crippen molar-refractivity contribution >= 4 is 38.4 Å². The van der Waals surface area contributed by atoms with Crippen molar-refractivity contribution < 1.29 is 22.7 Å². The molecular formula is C23H24N2O5S. The standard InChI is InChI=1S/C23H24N2O5S/c1-16-7-8-17(2)21(13-16)25-22(26)15-30-23(27)11-12-24-31(28,29)20-10-9-18-5-3-4-6-19(18)14-20/h3-10,13-14,24H,11-12,15H2,1-2H3,(H,25,26). The number of fused-ring (bicyclic) bond motifs is 1. The van der Waals surface area contributed by atoms with E-state index in [4.69, 9.17) is 4.74 Å². The molecule has 0 radical (unpaired) electrons. The van der Waals surface area contributed by atoms with Crippen LogP contribution in [0.5, 0.6) is 0 Å². The topological polar surface area (TPSA) is 102 Å². The number of nitrogens with one attached hydrogen (secondary N) is 2. The van der Waals surface area contributed by atoms with Crippen molar-refractivity contribution in [3.8, 4) is 0 Å². The molecule has 31 heavy (non-hydrogen) atoms. The Bertz CT molecular complexity index is 1220. The van der Waals surface area contributed by atoms with Gasteiger partial charge in [-0.05, 0) is 53.9 Å². The molecule has 0 saturated heterocycles. The number of esters is 1. The first kappa shape index (κ1) is 22.5. The smallest absolute Gasteiger partial charge is 0.307 e. The van der Waals surface area contributed by atoms with Crippen LogP contribution in [0.15, 0.2) is 65.6 Å². The maximum atomic E-state index is 12.5.